The molecule has 2 N–H and O–H groups in total. The van der Waals surface area contributed by atoms with Crippen LogP contribution in [-0.2, 0) is 0 Å². The number of hydrogen-bond acceptors (Lipinski definition) is 3. The van der Waals surface area contributed by atoms with Gasteiger partial charge in [0.1, 0.15) is 5.82 Å². The van der Waals surface area contributed by atoms with Gasteiger partial charge in [0.2, 0.25) is 0 Å². The number of imidazole rings is 1. The molecule has 1 amide bonds. The van der Waals surface area contributed by atoms with Crippen LogP contribution in [-0.4, -0.2) is 27.9 Å². The Bertz CT molecular complexity index is 799. The summed E-state index contributed by atoms with van der Waals surface area (Å²) < 4.78 is 1.11. The van der Waals surface area contributed by atoms with Gasteiger partial charge in [-0.25, -0.2) is 4.98 Å². The van der Waals surface area contributed by atoms with Gasteiger partial charge in [-0.2, -0.15) is 11.8 Å². The Morgan fingerprint density at radius 1 is 1.25 bits per heavy atom. The minimum Gasteiger partial charge on any atom is -0.342 e. The largest absolute Gasteiger partial charge is 0.342 e. The van der Waals surface area contributed by atoms with E-state index in [2.05, 4.69) is 44.1 Å². The lowest BCUT2D eigenvalue weighted by atomic mass is 10.1. The summed E-state index contributed by atoms with van der Waals surface area (Å²) in [5.74, 6) is 1.69. The molecule has 1 atom stereocenters. The maximum absolute atomic E-state index is 12.6. The SMILES string of the molecule is CSCC[C@@H](NC(=O)c1ccc(I)cc1)c1nc2ccccc2[nH]1. The van der Waals surface area contributed by atoms with E-state index >= 15 is 0 Å². The van der Waals surface area contributed by atoms with Crippen molar-refractivity contribution < 1.29 is 4.79 Å². The predicted octanol–water partition coefficient (Wildman–Crippen LogP) is 4.39. The molecule has 1 aromatic heterocycles. The molecule has 0 unspecified atom stereocenters. The maximum Gasteiger partial charge on any atom is 0.251 e. The molecule has 124 valence electrons. The molecule has 0 aliphatic carbocycles. The monoisotopic (exact) mass is 451 g/mol. The Hall–Kier alpha value is -1.54. The van der Waals surface area contributed by atoms with Crippen molar-refractivity contribution in [3.63, 3.8) is 0 Å². The molecule has 6 heteroatoms. The smallest absolute Gasteiger partial charge is 0.251 e. The van der Waals surface area contributed by atoms with Crippen LogP contribution in [0.25, 0.3) is 11.0 Å². The van der Waals surface area contributed by atoms with Gasteiger partial charge >= 0.3 is 0 Å². The minimum absolute atomic E-state index is 0.0713. The van der Waals surface area contributed by atoms with E-state index in [0.717, 1.165) is 32.6 Å². The topological polar surface area (TPSA) is 57.8 Å². The molecule has 4 nitrogen and oxygen atoms in total. The number of amides is 1. The second-order valence-corrected chi connectivity index (χ2v) is 7.68. The molecule has 0 saturated carbocycles. The predicted molar refractivity (Wildman–Crippen MR) is 108 cm³/mol. The number of halogens is 1. The average Bonchev–Trinajstić information content (AvgIpc) is 3.03. The number of hydrogen-bond donors (Lipinski definition) is 2. The third kappa shape index (κ3) is 4.10. The van der Waals surface area contributed by atoms with Gasteiger partial charge in [-0.1, -0.05) is 12.1 Å². The van der Waals surface area contributed by atoms with Crippen LogP contribution in [0.15, 0.2) is 48.5 Å². The second-order valence-electron chi connectivity index (χ2n) is 5.45. The van der Waals surface area contributed by atoms with Crippen LogP contribution in [0.1, 0.15) is 28.6 Å². The Balaban J connectivity index is 1.83. The Labute approximate surface area is 159 Å². The van der Waals surface area contributed by atoms with Crippen molar-refractivity contribution in [1.29, 1.82) is 0 Å². The lowest BCUT2D eigenvalue weighted by Gasteiger charge is -2.16. The summed E-state index contributed by atoms with van der Waals surface area (Å²) in [5.41, 5.74) is 2.58. The number of fused-ring (bicyclic) bond motifs is 1. The summed E-state index contributed by atoms with van der Waals surface area (Å²) in [6.07, 6.45) is 2.90. The third-order valence-electron chi connectivity index (χ3n) is 3.76. The third-order valence-corrected chi connectivity index (χ3v) is 5.12. The van der Waals surface area contributed by atoms with Crippen molar-refractivity contribution in [2.75, 3.05) is 12.0 Å². The van der Waals surface area contributed by atoms with E-state index in [9.17, 15) is 4.79 Å². The molecule has 0 saturated heterocycles. The van der Waals surface area contributed by atoms with E-state index in [1.54, 1.807) is 11.8 Å². The molecule has 24 heavy (non-hydrogen) atoms. The first-order chi connectivity index (χ1) is 11.7. The Kier molecular flexibility index (Phi) is 5.78. The van der Waals surface area contributed by atoms with Crippen molar-refractivity contribution in [3.05, 3.63) is 63.5 Å². The summed E-state index contributed by atoms with van der Waals surface area (Å²) in [7, 11) is 0. The number of carbonyl (C=O) groups is 1. The van der Waals surface area contributed by atoms with Crippen molar-refractivity contribution in [2.24, 2.45) is 0 Å². The highest BCUT2D eigenvalue weighted by atomic mass is 127. The summed E-state index contributed by atoms with van der Waals surface area (Å²) in [4.78, 5) is 20.5. The number of carbonyl (C=O) groups excluding carboxylic acids is 1. The van der Waals surface area contributed by atoms with Crippen LogP contribution >= 0.6 is 34.4 Å². The van der Waals surface area contributed by atoms with Crippen molar-refractivity contribution in [1.82, 2.24) is 15.3 Å². The number of H-pyrrole nitrogens is 1. The molecule has 0 fully saturated rings. The van der Waals surface area contributed by atoms with Gasteiger partial charge in [-0.3, -0.25) is 4.79 Å². The van der Waals surface area contributed by atoms with Crippen LogP contribution in [0, 0.1) is 3.57 Å². The highest BCUT2D eigenvalue weighted by molar-refractivity contribution is 14.1. The molecule has 3 rings (SSSR count). The van der Waals surface area contributed by atoms with Crippen LogP contribution in [0.4, 0.5) is 0 Å². The zero-order valence-electron chi connectivity index (χ0n) is 13.3. The number of nitrogens with one attached hydrogen (secondary N) is 2. The average molecular weight is 451 g/mol. The van der Waals surface area contributed by atoms with E-state index in [1.807, 2.05) is 48.5 Å². The maximum atomic E-state index is 12.6. The first kappa shape index (κ1) is 17.3. The van der Waals surface area contributed by atoms with Gasteiger partial charge in [0.25, 0.3) is 5.91 Å². The standard InChI is InChI=1S/C18H18IN3OS/c1-24-11-10-16(17-20-14-4-2-3-5-15(14)21-17)22-18(23)12-6-8-13(19)9-7-12/h2-9,16H,10-11H2,1H3,(H,20,21)(H,22,23)/t16-/m1/s1. The molecule has 2 aromatic carbocycles. The lowest BCUT2D eigenvalue weighted by molar-refractivity contribution is 0.0934. The molecule has 0 spiro atoms. The first-order valence-corrected chi connectivity index (χ1v) is 10.1. The van der Waals surface area contributed by atoms with Crippen LogP contribution in [0.2, 0.25) is 0 Å². The van der Waals surface area contributed by atoms with E-state index in [0.29, 0.717) is 5.56 Å². The van der Waals surface area contributed by atoms with E-state index in [-0.39, 0.29) is 11.9 Å². The first-order valence-electron chi connectivity index (χ1n) is 7.67. The zero-order chi connectivity index (χ0) is 16.9. The molecule has 0 aliphatic heterocycles. The van der Waals surface area contributed by atoms with E-state index < -0.39 is 0 Å². The van der Waals surface area contributed by atoms with Gasteiger partial charge in [0.05, 0.1) is 17.1 Å². The number of benzene rings is 2. The number of nitrogens with zero attached hydrogens (tertiary/aromatic N) is 1. The zero-order valence-corrected chi connectivity index (χ0v) is 16.2. The number of para-hydroxylation sites is 2. The highest BCUT2D eigenvalue weighted by Gasteiger charge is 2.19. The van der Waals surface area contributed by atoms with Crippen molar-refractivity contribution in [2.45, 2.75) is 12.5 Å². The highest BCUT2D eigenvalue weighted by Crippen LogP contribution is 2.20. The van der Waals surface area contributed by atoms with Gasteiger partial charge in [-0.15, -0.1) is 0 Å². The Morgan fingerprint density at radius 2 is 2.00 bits per heavy atom. The second kappa shape index (κ2) is 8.02. The van der Waals surface area contributed by atoms with E-state index in [4.69, 9.17) is 0 Å². The Morgan fingerprint density at radius 3 is 2.71 bits per heavy atom. The fourth-order valence-electron chi connectivity index (χ4n) is 2.49. The number of aromatic nitrogens is 2. The summed E-state index contributed by atoms with van der Waals surface area (Å²) >= 11 is 3.99. The van der Waals surface area contributed by atoms with Crippen LogP contribution in [0.5, 0.6) is 0 Å². The fourth-order valence-corrected chi connectivity index (χ4v) is 3.32. The van der Waals surface area contributed by atoms with Gasteiger partial charge in [0.15, 0.2) is 0 Å². The van der Waals surface area contributed by atoms with E-state index in [1.165, 1.54) is 0 Å². The molecular formula is C18H18IN3OS. The molecule has 1 heterocycles. The van der Waals surface area contributed by atoms with Crippen molar-refractivity contribution in [3.8, 4) is 0 Å². The van der Waals surface area contributed by atoms with Crippen LogP contribution in [0.3, 0.4) is 0 Å². The molecular weight excluding hydrogens is 433 g/mol. The number of thioether (sulfide) groups is 1. The number of aromatic amines is 1. The quantitative estimate of drug-likeness (QED) is 0.547. The minimum atomic E-state index is -0.128. The van der Waals surface area contributed by atoms with Gasteiger partial charge in [0, 0.05) is 9.13 Å². The molecule has 0 bridgehead atoms. The molecule has 0 aliphatic rings. The summed E-state index contributed by atoms with van der Waals surface area (Å²) in [6.45, 7) is 0. The van der Waals surface area contributed by atoms with Gasteiger partial charge < -0.3 is 10.3 Å². The normalized spacial score (nSPS) is 12.2. The fraction of sp³-hybridized carbons (Fsp3) is 0.222. The summed E-state index contributed by atoms with van der Waals surface area (Å²) in [6, 6.07) is 15.4. The van der Waals surface area contributed by atoms with Gasteiger partial charge in [-0.05, 0) is 77.4 Å². The molecule has 0 radical (unpaired) electrons. The summed E-state index contributed by atoms with van der Waals surface area (Å²) in [5, 5.41) is 3.12. The van der Waals surface area contributed by atoms with Crippen LogP contribution < -0.4 is 5.32 Å². The lowest BCUT2D eigenvalue weighted by Crippen LogP contribution is -2.29. The molecule has 3 aromatic rings. The van der Waals surface area contributed by atoms with Crippen molar-refractivity contribution >= 4 is 51.3 Å². The number of rotatable bonds is 6.